The smallest absolute Gasteiger partial charge is 0.503 e. The van der Waals surface area contributed by atoms with Crippen molar-refractivity contribution in [1.29, 1.82) is 0 Å². The van der Waals surface area contributed by atoms with Gasteiger partial charge in [-0.25, -0.2) is 0 Å². The Bertz CT molecular complexity index is 450. The molecule has 0 aliphatic heterocycles. The SMILES string of the molecule is [CH2-]C1CC(C(=O)OCC)(C(=O)OCC)CC1=[C-]C.[CH]1[CH][CH][CH][CH]1.[CH]1[CH][CH][CH][CH]1.[Ti+2]. The third-order valence-electron chi connectivity index (χ3n) is 4.34. The molecule has 0 N–H and O–H groups in total. The predicted octanol–water partition coefficient (Wildman–Crippen LogP) is 4.13. The topological polar surface area (TPSA) is 52.6 Å². The van der Waals surface area contributed by atoms with Crippen LogP contribution < -0.4 is 0 Å². The van der Waals surface area contributed by atoms with Crippen LogP contribution in [0.3, 0.4) is 0 Å². The number of allylic oxidation sites excluding steroid dienone is 2. The van der Waals surface area contributed by atoms with Gasteiger partial charge in [-0.1, -0.05) is 0 Å². The molecular formula is C24H30O4Ti. The van der Waals surface area contributed by atoms with E-state index in [9.17, 15) is 9.59 Å². The Hall–Kier alpha value is -0.606. The summed E-state index contributed by atoms with van der Waals surface area (Å²) in [6.45, 7) is 9.65. The van der Waals surface area contributed by atoms with E-state index in [1.54, 1.807) is 20.8 Å². The molecule has 0 saturated heterocycles. The molecular weight excluding hydrogens is 400 g/mol. The Labute approximate surface area is 193 Å². The maximum atomic E-state index is 12.1. The van der Waals surface area contributed by atoms with Crippen molar-refractivity contribution in [1.82, 2.24) is 0 Å². The molecule has 0 amide bonds. The Morgan fingerprint density at radius 3 is 1.52 bits per heavy atom. The fourth-order valence-corrected chi connectivity index (χ4v) is 2.95. The number of rotatable bonds is 4. The van der Waals surface area contributed by atoms with Crippen LogP contribution in [0, 0.1) is 88.5 Å². The molecule has 3 aliphatic rings. The molecule has 3 rings (SSSR count). The van der Waals surface area contributed by atoms with E-state index in [2.05, 4.69) is 13.0 Å². The van der Waals surface area contributed by atoms with Crippen molar-refractivity contribution < 1.29 is 40.8 Å². The zero-order chi connectivity index (χ0) is 20.8. The monoisotopic (exact) mass is 430 g/mol. The van der Waals surface area contributed by atoms with Gasteiger partial charge in [0.2, 0.25) is 0 Å². The van der Waals surface area contributed by atoms with E-state index < -0.39 is 17.4 Å². The number of esters is 2. The molecule has 29 heavy (non-hydrogen) atoms. The molecule has 0 bridgehead atoms. The summed E-state index contributed by atoms with van der Waals surface area (Å²) in [6.07, 6.45) is 23.6. The summed E-state index contributed by atoms with van der Waals surface area (Å²) in [4.78, 5) is 24.2. The van der Waals surface area contributed by atoms with E-state index in [-0.39, 0.29) is 40.8 Å². The second kappa shape index (κ2) is 16.1. The maximum absolute atomic E-state index is 12.1. The Morgan fingerprint density at radius 2 is 1.28 bits per heavy atom. The van der Waals surface area contributed by atoms with E-state index in [0.717, 1.165) is 5.57 Å². The van der Waals surface area contributed by atoms with E-state index in [4.69, 9.17) is 9.47 Å². The molecule has 3 saturated carbocycles. The third-order valence-corrected chi connectivity index (χ3v) is 4.34. The second-order valence-corrected chi connectivity index (χ2v) is 6.30. The molecule has 0 spiro atoms. The number of carbonyl (C=O) groups excluding carboxylic acids is 2. The maximum Gasteiger partial charge on any atom is 2.00 e. The summed E-state index contributed by atoms with van der Waals surface area (Å²) >= 11 is 0. The van der Waals surface area contributed by atoms with Crippen molar-refractivity contribution in [2.45, 2.75) is 33.6 Å². The van der Waals surface area contributed by atoms with Gasteiger partial charge in [0.1, 0.15) is 0 Å². The largest absolute Gasteiger partial charge is 2.00 e. The standard InChI is InChI=1S/C14H20O4.2C5H5.Ti/c1-5-11-9-14(8-10(11)4,12(15)17-6-2)13(16)18-7-3;2*1-2-4-5-3-1;/h10H,4,6-9H2,1-3H3;2*1-5H;/q-2;;;+2. The summed E-state index contributed by atoms with van der Waals surface area (Å²) in [6, 6.07) is 0. The van der Waals surface area contributed by atoms with Gasteiger partial charge < -0.3 is 22.5 Å². The molecule has 1 atom stereocenters. The average molecular weight is 430 g/mol. The molecule has 4 nitrogen and oxygen atoms in total. The normalized spacial score (nSPS) is 23.2. The van der Waals surface area contributed by atoms with Crippen molar-refractivity contribution in [2.75, 3.05) is 13.2 Å². The average Bonchev–Trinajstić information content (AvgIpc) is 3.46. The van der Waals surface area contributed by atoms with E-state index in [1.165, 1.54) is 0 Å². The molecule has 0 aromatic heterocycles. The quantitative estimate of drug-likeness (QED) is 0.291. The number of carbonyl (C=O) groups is 2. The van der Waals surface area contributed by atoms with Gasteiger partial charge in [0.15, 0.2) is 5.41 Å². The minimum Gasteiger partial charge on any atom is -0.503 e. The first-order valence-electron chi connectivity index (χ1n) is 9.56. The van der Waals surface area contributed by atoms with Crippen LogP contribution in [0.5, 0.6) is 0 Å². The first-order valence-corrected chi connectivity index (χ1v) is 9.56. The van der Waals surface area contributed by atoms with E-state index in [0.29, 0.717) is 12.8 Å². The van der Waals surface area contributed by atoms with Crippen molar-refractivity contribution in [2.24, 2.45) is 11.3 Å². The molecule has 1 unspecified atom stereocenters. The van der Waals surface area contributed by atoms with Crippen LogP contribution in [-0.2, 0) is 40.8 Å². The zero-order valence-corrected chi connectivity index (χ0v) is 19.1. The van der Waals surface area contributed by atoms with Crippen molar-refractivity contribution in [3.63, 3.8) is 0 Å². The van der Waals surface area contributed by atoms with Gasteiger partial charge in [0, 0.05) is 0 Å². The fourth-order valence-electron chi connectivity index (χ4n) is 2.95. The molecule has 0 heterocycles. The molecule has 3 fully saturated rings. The molecule has 154 valence electrons. The first-order chi connectivity index (χ1) is 13.5. The van der Waals surface area contributed by atoms with Crippen LogP contribution in [-0.4, -0.2) is 25.2 Å². The summed E-state index contributed by atoms with van der Waals surface area (Å²) < 4.78 is 10.1. The molecule has 0 aromatic carbocycles. The minimum atomic E-state index is -1.23. The van der Waals surface area contributed by atoms with Crippen molar-refractivity contribution >= 4 is 11.9 Å². The summed E-state index contributed by atoms with van der Waals surface area (Å²) in [7, 11) is 0. The molecule has 5 heteroatoms. The van der Waals surface area contributed by atoms with Crippen LogP contribution in [0.1, 0.15) is 33.6 Å². The summed E-state index contributed by atoms with van der Waals surface area (Å²) in [5.74, 6) is -1.12. The number of hydrogen-bond donors (Lipinski definition) is 0. The van der Waals surface area contributed by atoms with Gasteiger partial charge in [-0.2, -0.15) is 12.8 Å². The Kier molecular flexibility index (Phi) is 15.8. The molecule has 10 radical (unpaired) electrons. The first kappa shape index (κ1) is 28.4. The number of ether oxygens (including phenoxy) is 2. The van der Waals surface area contributed by atoms with Crippen LogP contribution in [0.2, 0.25) is 0 Å². The van der Waals surface area contributed by atoms with Crippen LogP contribution in [0.4, 0.5) is 0 Å². The summed E-state index contributed by atoms with van der Waals surface area (Å²) in [5.41, 5.74) is -0.340. The predicted molar refractivity (Wildman–Crippen MR) is 109 cm³/mol. The van der Waals surface area contributed by atoms with Gasteiger partial charge in [-0.3, -0.25) is 15.2 Å². The van der Waals surface area contributed by atoms with E-state index >= 15 is 0 Å². The molecule has 0 aromatic rings. The van der Waals surface area contributed by atoms with Crippen molar-refractivity contribution in [3.05, 3.63) is 82.8 Å². The third kappa shape index (κ3) is 9.38. The van der Waals surface area contributed by atoms with Gasteiger partial charge in [0.05, 0.1) is 13.2 Å². The van der Waals surface area contributed by atoms with Crippen LogP contribution in [0.25, 0.3) is 0 Å². The Morgan fingerprint density at radius 1 is 0.931 bits per heavy atom. The minimum absolute atomic E-state index is 0. The van der Waals surface area contributed by atoms with Crippen LogP contribution >= 0.6 is 0 Å². The van der Waals surface area contributed by atoms with Gasteiger partial charge in [-0.05, 0) is 90.9 Å². The van der Waals surface area contributed by atoms with Gasteiger partial charge in [-0.15, -0.1) is 0 Å². The van der Waals surface area contributed by atoms with Gasteiger partial charge in [0.25, 0.3) is 0 Å². The molecule has 3 aliphatic carbocycles. The van der Waals surface area contributed by atoms with Crippen molar-refractivity contribution in [3.8, 4) is 0 Å². The zero-order valence-electron chi connectivity index (χ0n) is 17.5. The second-order valence-electron chi connectivity index (χ2n) is 6.30. The van der Waals surface area contributed by atoms with Crippen LogP contribution in [0.15, 0.2) is 5.57 Å². The number of hydrogen-bond acceptors (Lipinski definition) is 4. The van der Waals surface area contributed by atoms with Gasteiger partial charge >= 0.3 is 33.7 Å². The fraction of sp³-hybridized carbons (Fsp3) is 0.375. The van der Waals surface area contributed by atoms with E-state index in [1.807, 2.05) is 64.2 Å². The Balaban J connectivity index is 0.000000575. The summed E-state index contributed by atoms with van der Waals surface area (Å²) in [5, 5.41) is 0.